The van der Waals surface area contributed by atoms with Crippen LogP contribution in [0.15, 0.2) is 12.7 Å². The first-order chi connectivity index (χ1) is 11.0. The van der Waals surface area contributed by atoms with Crippen molar-refractivity contribution in [2.45, 2.75) is 43.8 Å². The normalized spacial score (nSPS) is 27.6. The summed E-state index contributed by atoms with van der Waals surface area (Å²) < 4.78 is 7.24. The van der Waals surface area contributed by atoms with Crippen molar-refractivity contribution in [1.82, 2.24) is 19.5 Å². The lowest BCUT2D eigenvalue weighted by Crippen LogP contribution is -2.31. The van der Waals surface area contributed by atoms with Crippen LogP contribution in [0.25, 0.3) is 11.2 Å². The van der Waals surface area contributed by atoms with Gasteiger partial charge >= 0.3 is 0 Å². The highest BCUT2D eigenvalue weighted by Gasteiger charge is 2.43. The molecule has 1 aliphatic heterocycles. The lowest BCUT2D eigenvalue weighted by molar-refractivity contribution is -0.118. The zero-order valence-corrected chi connectivity index (χ0v) is 12.2. The van der Waals surface area contributed by atoms with Gasteiger partial charge in [-0.3, -0.25) is 9.36 Å². The van der Waals surface area contributed by atoms with Gasteiger partial charge in [0.1, 0.15) is 24.1 Å². The highest BCUT2D eigenvalue weighted by atomic mass is 16.6. The van der Waals surface area contributed by atoms with Crippen LogP contribution in [0.4, 0.5) is 5.82 Å². The number of nitrogen functional groups attached to an aromatic ring is 1. The number of anilines is 1. The van der Waals surface area contributed by atoms with Crippen LogP contribution in [0.1, 0.15) is 25.5 Å². The van der Waals surface area contributed by atoms with Gasteiger partial charge in [0.15, 0.2) is 17.7 Å². The van der Waals surface area contributed by atoms with Gasteiger partial charge < -0.3 is 26.4 Å². The Kier molecular flexibility index (Phi) is 4.11. The Hall–Kier alpha value is -2.30. The minimum absolute atomic E-state index is 0.200. The molecule has 0 saturated carbocycles. The topological polar surface area (TPSA) is 162 Å². The Labute approximate surface area is 131 Å². The van der Waals surface area contributed by atoms with E-state index in [0.29, 0.717) is 24.0 Å². The van der Waals surface area contributed by atoms with E-state index >= 15 is 0 Å². The molecule has 10 heteroatoms. The summed E-state index contributed by atoms with van der Waals surface area (Å²) in [5.41, 5.74) is 11.6. The minimum atomic E-state index is -1.15. The number of hydrogen-bond acceptors (Lipinski definition) is 8. The molecule has 1 amide bonds. The molecule has 1 fully saturated rings. The quantitative estimate of drug-likeness (QED) is 0.527. The second-order valence-electron chi connectivity index (χ2n) is 5.49. The van der Waals surface area contributed by atoms with Crippen LogP contribution in [-0.4, -0.2) is 54.0 Å². The van der Waals surface area contributed by atoms with Crippen LogP contribution >= 0.6 is 0 Å². The van der Waals surface area contributed by atoms with E-state index < -0.39 is 30.4 Å². The van der Waals surface area contributed by atoms with Crippen molar-refractivity contribution in [3.05, 3.63) is 12.7 Å². The van der Waals surface area contributed by atoms with Gasteiger partial charge in [0.05, 0.1) is 12.4 Å². The average molecular weight is 322 g/mol. The van der Waals surface area contributed by atoms with Crippen LogP contribution in [-0.2, 0) is 9.53 Å². The number of carbonyl (C=O) groups excluding carboxylic acids is 1. The summed E-state index contributed by atoms with van der Waals surface area (Å²) in [6.45, 7) is 0. The third-order valence-electron chi connectivity index (χ3n) is 3.91. The van der Waals surface area contributed by atoms with E-state index in [1.807, 2.05) is 0 Å². The number of aromatic nitrogens is 4. The number of rotatable bonds is 5. The summed E-state index contributed by atoms with van der Waals surface area (Å²) in [7, 11) is 0. The Morgan fingerprint density at radius 3 is 2.83 bits per heavy atom. The van der Waals surface area contributed by atoms with Crippen LogP contribution in [0.2, 0.25) is 0 Å². The van der Waals surface area contributed by atoms with Crippen molar-refractivity contribution in [2.75, 3.05) is 5.73 Å². The minimum Gasteiger partial charge on any atom is -0.388 e. The van der Waals surface area contributed by atoms with Crippen molar-refractivity contribution in [2.24, 2.45) is 5.73 Å². The van der Waals surface area contributed by atoms with E-state index in [1.54, 1.807) is 0 Å². The van der Waals surface area contributed by atoms with Gasteiger partial charge in [-0.15, -0.1) is 0 Å². The van der Waals surface area contributed by atoms with E-state index in [0.717, 1.165) is 0 Å². The fraction of sp³-hybridized carbons (Fsp3) is 0.538. The summed E-state index contributed by atoms with van der Waals surface area (Å²) in [6.07, 6.45) is 0.114. The predicted molar refractivity (Wildman–Crippen MR) is 78.7 cm³/mol. The van der Waals surface area contributed by atoms with Crippen molar-refractivity contribution in [3.8, 4) is 0 Å². The van der Waals surface area contributed by atoms with E-state index in [2.05, 4.69) is 15.0 Å². The maximum Gasteiger partial charge on any atom is 0.217 e. The second-order valence-corrected chi connectivity index (χ2v) is 5.49. The standard InChI is InChI=1S/C13H18N6O4/c14-7(20)3-1-2-6-9(21)10(22)13(23-6)19-5-18-8-11(15)16-4-17-12(8)19/h4-6,9-10,13,21-22H,1-3H2,(H2,14,20)(H2,15,16,17)/t6-,9?,10?,13-/m1/s1. The van der Waals surface area contributed by atoms with Crippen molar-refractivity contribution in [3.63, 3.8) is 0 Å². The van der Waals surface area contributed by atoms with Crippen LogP contribution in [0, 0.1) is 0 Å². The first-order valence-electron chi connectivity index (χ1n) is 7.22. The summed E-state index contributed by atoms with van der Waals surface area (Å²) in [5.74, 6) is -0.192. The van der Waals surface area contributed by atoms with E-state index in [1.165, 1.54) is 17.2 Å². The number of imidazole rings is 1. The van der Waals surface area contributed by atoms with Crippen LogP contribution in [0.3, 0.4) is 0 Å². The summed E-state index contributed by atoms with van der Waals surface area (Å²) >= 11 is 0. The zero-order valence-electron chi connectivity index (χ0n) is 12.2. The Bertz CT molecular complexity index is 720. The largest absolute Gasteiger partial charge is 0.388 e. The first kappa shape index (κ1) is 15.6. The molecule has 1 saturated heterocycles. The predicted octanol–water partition coefficient (Wildman–Crippen LogP) is -1.32. The van der Waals surface area contributed by atoms with Crippen LogP contribution < -0.4 is 11.5 Å². The second kappa shape index (κ2) is 6.07. The Morgan fingerprint density at radius 2 is 2.09 bits per heavy atom. The van der Waals surface area contributed by atoms with E-state index in [4.69, 9.17) is 16.2 Å². The lowest BCUT2D eigenvalue weighted by atomic mass is 10.0. The van der Waals surface area contributed by atoms with Crippen LogP contribution in [0.5, 0.6) is 0 Å². The molecule has 23 heavy (non-hydrogen) atoms. The molecule has 3 rings (SSSR count). The Balaban J connectivity index is 1.80. The molecule has 4 atom stereocenters. The highest BCUT2D eigenvalue weighted by Crippen LogP contribution is 2.33. The van der Waals surface area contributed by atoms with Crippen molar-refractivity contribution < 1.29 is 19.7 Å². The molecule has 124 valence electrons. The van der Waals surface area contributed by atoms with Crippen molar-refractivity contribution in [1.29, 1.82) is 0 Å². The molecule has 0 aliphatic carbocycles. The highest BCUT2D eigenvalue weighted by molar-refractivity contribution is 5.81. The third-order valence-corrected chi connectivity index (χ3v) is 3.91. The molecule has 1 aliphatic rings. The average Bonchev–Trinajstić information content (AvgIpc) is 3.04. The molecule has 2 unspecified atom stereocenters. The van der Waals surface area contributed by atoms with E-state index in [-0.39, 0.29) is 12.2 Å². The first-order valence-corrected chi connectivity index (χ1v) is 7.22. The third kappa shape index (κ3) is 2.83. The molecule has 0 radical (unpaired) electrons. The molecule has 0 aromatic carbocycles. The fourth-order valence-electron chi connectivity index (χ4n) is 2.73. The fourth-order valence-corrected chi connectivity index (χ4v) is 2.73. The number of nitrogens with two attached hydrogens (primary N) is 2. The molecule has 2 aromatic rings. The number of primary amides is 1. The van der Waals surface area contributed by atoms with Crippen molar-refractivity contribution >= 4 is 22.9 Å². The number of amides is 1. The van der Waals surface area contributed by atoms with Gasteiger partial charge in [-0.05, 0) is 12.8 Å². The number of aliphatic hydroxyl groups excluding tert-OH is 2. The van der Waals surface area contributed by atoms with Gasteiger partial charge in [-0.25, -0.2) is 15.0 Å². The number of nitrogens with zero attached hydrogens (tertiary/aromatic N) is 4. The van der Waals surface area contributed by atoms with Gasteiger partial charge in [0.2, 0.25) is 5.91 Å². The SMILES string of the molecule is NC(=O)CCC[C@H]1O[C@@H](n2cnc3c(N)ncnc32)C(O)C1O. The smallest absolute Gasteiger partial charge is 0.217 e. The number of hydrogen-bond donors (Lipinski definition) is 4. The zero-order chi connectivity index (χ0) is 16.6. The molecule has 3 heterocycles. The maximum absolute atomic E-state index is 10.8. The number of fused-ring (bicyclic) bond motifs is 1. The van der Waals surface area contributed by atoms with Gasteiger partial charge in [0.25, 0.3) is 0 Å². The lowest BCUT2D eigenvalue weighted by Gasteiger charge is -2.16. The molecular formula is C13H18N6O4. The molecule has 6 N–H and O–H groups in total. The van der Waals surface area contributed by atoms with Gasteiger partial charge in [-0.1, -0.05) is 0 Å². The number of carbonyl (C=O) groups is 1. The maximum atomic E-state index is 10.8. The summed E-state index contributed by atoms with van der Waals surface area (Å²) in [5, 5.41) is 20.4. The molecule has 10 nitrogen and oxygen atoms in total. The Morgan fingerprint density at radius 1 is 1.30 bits per heavy atom. The molecule has 0 bridgehead atoms. The summed E-state index contributed by atoms with van der Waals surface area (Å²) in [4.78, 5) is 22.8. The number of aliphatic hydroxyl groups is 2. The monoisotopic (exact) mass is 322 g/mol. The number of ether oxygens (including phenoxy) is 1. The van der Waals surface area contributed by atoms with E-state index in [9.17, 15) is 15.0 Å². The summed E-state index contributed by atoms with van der Waals surface area (Å²) in [6, 6.07) is 0. The molecule has 2 aromatic heterocycles. The van der Waals surface area contributed by atoms with Gasteiger partial charge in [0, 0.05) is 6.42 Å². The van der Waals surface area contributed by atoms with Gasteiger partial charge in [-0.2, -0.15) is 0 Å². The molecular weight excluding hydrogens is 304 g/mol. The molecule has 0 spiro atoms.